The van der Waals surface area contributed by atoms with Gasteiger partial charge in [0.05, 0.1) is 16.7 Å². The Morgan fingerprint density at radius 1 is 1.29 bits per heavy atom. The Kier molecular flexibility index (Phi) is 3.22. The Labute approximate surface area is 102 Å². The first-order valence-electron chi connectivity index (χ1n) is 5.13. The Morgan fingerprint density at radius 2 is 2.00 bits per heavy atom. The van der Waals surface area contributed by atoms with E-state index in [1.54, 1.807) is 12.3 Å². The van der Waals surface area contributed by atoms with E-state index in [1.807, 2.05) is 6.92 Å². The Balaban J connectivity index is 2.50. The molecule has 0 saturated heterocycles. The first-order valence-corrected chi connectivity index (χ1v) is 6.00. The van der Waals surface area contributed by atoms with Crippen LogP contribution in [0.5, 0.6) is 0 Å². The van der Waals surface area contributed by atoms with E-state index in [9.17, 15) is 8.78 Å². The molecule has 0 amide bonds. The van der Waals surface area contributed by atoms with E-state index in [0.29, 0.717) is 11.3 Å². The van der Waals surface area contributed by atoms with E-state index in [-0.39, 0.29) is 5.56 Å². The van der Waals surface area contributed by atoms with Gasteiger partial charge in [0.15, 0.2) is 0 Å². The quantitative estimate of drug-likeness (QED) is 0.894. The van der Waals surface area contributed by atoms with Gasteiger partial charge in [-0.3, -0.25) is 0 Å². The third kappa shape index (κ3) is 2.21. The van der Waals surface area contributed by atoms with Crippen LogP contribution >= 0.6 is 11.3 Å². The number of nitrogens with zero attached hydrogens (tertiary/aromatic N) is 1. The lowest BCUT2D eigenvalue weighted by Gasteiger charge is -2.13. The zero-order valence-corrected chi connectivity index (χ0v) is 10.3. The van der Waals surface area contributed by atoms with Crippen LogP contribution in [0.25, 0.3) is 0 Å². The molecule has 0 radical (unpaired) electrons. The lowest BCUT2D eigenvalue weighted by molar-refractivity contribution is 0.536. The summed E-state index contributed by atoms with van der Waals surface area (Å²) < 4.78 is 27.5. The second-order valence-corrected chi connectivity index (χ2v) is 4.92. The van der Waals surface area contributed by atoms with E-state index in [4.69, 9.17) is 5.73 Å². The van der Waals surface area contributed by atoms with Crippen LogP contribution in [0.2, 0.25) is 0 Å². The normalized spacial score (nSPS) is 12.8. The molecule has 0 spiro atoms. The Morgan fingerprint density at radius 3 is 2.59 bits per heavy atom. The van der Waals surface area contributed by atoms with Gasteiger partial charge in [0.2, 0.25) is 0 Å². The fourth-order valence-electron chi connectivity index (χ4n) is 1.63. The summed E-state index contributed by atoms with van der Waals surface area (Å²) in [6.45, 7) is 3.40. The molecule has 2 nitrogen and oxygen atoms in total. The second kappa shape index (κ2) is 4.50. The molecule has 1 aromatic heterocycles. The van der Waals surface area contributed by atoms with Crippen LogP contribution in [0.3, 0.4) is 0 Å². The van der Waals surface area contributed by atoms with E-state index in [1.165, 1.54) is 23.5 Å². The maximum absolute atomic E-state index is 13.9. The van der Waals surface area contributed by atoms with Gasteiger partial charge in [-0.15, -0.1) is 11.3 Å². The zero-order chi connectivity index (χ0) is 12.6. The van der Waals surface area contributed by atoms with Crippen molar-refractivity contribution in [2.75, 3.05) is 0 Å². The van der Waals surface area contributed by atoms with Crippen LogP contribution in [0.1, 0.15) is 27.9 Å². The molecular weight excluding hydrogens is 242 g/mol. The van der Waals surface area contributed by atoms with Crippen LogP contribution in [0.4, 0.5) is 8.78 Å². The molecule has 2 aromatic rings. The summed E-state index contributed by atoms with van der Waals surface area (Å²) in [4.78, 5) is 4.16. The van der Waals surface area contributed by atoms with Crippen molar-refractivity contribution in [3.05, 3.63) is 51.0 Å². The third-order valence-electron chi connectivity index (χ3n) is 2.59. The number of thiazole rings is 1. The van der Waals surface area contributed by atoms with E-state index in [2.05, 4.69) is 4.98 Å². The number of benzene rings is 1. The molecule has 0 aliphatic rings. The first kappa shape index (κ1) is 12.1. The number of aryl methyl sites for hydroxylation is 2. The predicted molar refractivity (Wildman–Crippen MR) is 64.0 cm³/mol. The minimum absolute atomic E-state index is 0.115. The van der Waals surface area contributed by atoms with Crippen molar-refractivity contribution in [2.45, 2.75) is 19.9 Å². The minimum atomic E-state index is -0.861. The van der Waals surface area contributed by atoms with Crippen LogP contribution in [-0.4, -0.2) is 4.98 Å². The van der Waals surface area contributed by atoms with Gasteiger partial charge < -0.3 is 5.73 Å². The van der Waals surface area contributed by atoms with Crippen LogP contribution in [0, 0.1) is 25.5 Å². The minimum Gasteiger partial charge on any atom is -0.319 e. The highest BCUT2D eigenvalue weighted by Gasteiger charge is 2.21. The summed E-state index contributed by atoms with van der Waals surface area (Å²) in [5.74, 6) is -1.23. The lowest BCUT2D eigenvalue weighted by atomic mass is 10.0. The number of rotatable bonds is 2. The molecule has 17 heavy (non-hydrogen) atoms. The van der Waals surface area contributed by atoms with Crippen LogP contribution in [-0.2, 0) is 0 Å². The standard InChI is InChI=1S/C12H12F2N2S/c1-6-3-4-8(13)10(11(6)14)12(15)9-5-17-7(2)16-9/h3-5,12H,15H2,1-2H3. The predicted octanol–water partition coefficient (Wildman–Crippen LogP) is 3.09. The van der Waals surface area contributed by atoms with Crippen molar-refractivity contribution in [3.8, 4) is 0 Å². The van der Waals surface area contributed by atoms with E-state index >= 15 is 0 Å². The molecule has 0 aliphatic heterocycles. The number of hydrogen-bond acceptors (Lipinski definition) is 3. The van der Waals surface area contributed by atoms with Crippen LogP contribution in [0.15, 0.2) is 17.5 Å². The summed E-state index contributed by atoms with van der Waals surface area (Å²) in [5.41, 5.74) is 6.62. The summed E-state index contributed by atoms with van der Waals surface area (Å²) in [5, 5.41) is 2.55. The molecule has 2 rings (SSSR count). The topological polar surface area (TPSA) is 38.9 Å². The average Bonchev–Trinajstić information content (AvgIpc) is 2.71. The van der Waals surface area contributed by atoms with Crippen molar-refractivity contribution in [2.24, 2.45) is 5.73 Å². The third-order valence-corrected chi connectivity index (χ3v) is 3.38. The van der Waals surface area contributed by atoms with Crippen LogP contribution < -0.4 is 5.73 Å². The van der Waals surface area contributed by atoms with Gasteiger partial charge in [-0.25, -0.2) is 13.8 Å². The zero-order valence-electron chi connectivity index (χ0n) is 9.50. The van der Waals surface area contributed by atoms with Crippen molar-refractivity contribution in [1.29, 1.82) is 0 Å². The highest BCUT2D eigenvalue weighted by atomic mass is 32.1. The molecule has 5 heteroatoms. The monoisotopic (exact) mass is 254 g/mol. The summed E-state index contributed by atoms with van der Waals surface area (Å²) in [6.07, 6.45) is 0. The van der Waals surface area contributed by atoms with E-state index in [0.717, 1.165) is 5.01 Å². The Bertz CT molecular complexity index is 551. The molecule has 0 bridgehead atoms. The number of halogens is 2. The summed E-state index contributed by atoms with van der Waals surface area (Å²) >= 11 is 1.41. The van der Waals surface area contributed by atoms with E-state index < -0.39 is 17.7 Å². The second-order valence-electron chi connectivity index (χ2n) is 3.86. The molecule has 2 N–H and O–H groups in total. The smallest absolute Gasteiger partial charge is 0.134 e. The molecule has 0 aliphatic carbocycles. The molecule has 0 saturated carbocycles. The van der Waals surface area contributed by atoms with Crippen molar-refractivity contribution in [3.63, 3.8) is 0 Å². The highest BCUT2D eigenvalue weighted by Crippen LogP contribution is 2.27. The average molecular weight is 254 g/mol. The van der Waals surface area contributed by atoms with Gasteiger partial charge in [0, 0.05) is 10.9 Å². The molecule has 1 atom stereocenters. The summed E-state index contributed by atoms with van der Waals surface area (Å²) in [6, 6.07) is 1.76. The number of aromatic nitrogens is 1. The largest absolute Gasteiger partial charge is 0.319 e. The van der Waals surface area contributed by atoms with Crippen molar-refractivity contribution >= 4 is 11.3 Å². The molecule has 0 fully saturated rings. The van der Waals surface area contributed by atoms with Gasteiger partial charge in [-0.1, -0.05) is 6.07 Å². The van der Waals surface area contributed by atoms with Crippen molar-refractivity contribution < 1.29 is 8.78 Å². The Hall–Kier alpha value is -1.33. The molecule has 90 valence electrons. The van der Waals surface area contributed by atoms with Gasteiger partial charge >= 0.3 is 0 Å². The maximum atomic E-state index is 13.9. The number of hydrogen-bond donors (Lipinski definition) is 1. The van der Waals surface area contributed by atoms with Crippen molar-refractivity contribution in [1.82, 2.24) is 4.98 Å². The molecule has 1 unspecified atom stereocenters. The molecule has 1 heterocycles. The molecular formula is C12H12F2N2S. The fraction of sp³-hybridized carbons (Fsp3) is 0.250. The fourth-order valence-corrected chi connectivity index (χ4v) is 2.28. The summed E-state index contributed by atoms with van der Waals surface area (Å²) in [7, 11) is 0. The van der Waals surface area contributed by atoms with Gasteiger partial charge in [0.25, 0.3) is 0 Å². The van der Waals surface area contributed by atoms with Gasteiger partial charge in [-0.2, -0.15) is 0 Å². The highest BCUT2D eigenvalue weighted by molar-refractivity contribution is 7.09. The van der Waals surface area contributed by atoms with Gasteiger partial charge in [-0.05, 0) is 25.5 Å². The van der Waals surface area contributed by atoms with Gasteiger partial charge in [0.1, 0.15) is 11.6 Å². The molecule has 1 aromatic carbocycles. The lowest BCUT2D eigenvalue weighted by Crippen LogP contribution is -2.16. The maximum Gasteiger partial charge on any atom is 0.134 e. The SMILES string of the molecule is Cc1nc(C(N)c2c(F)ccc(C)c2F)cs1. The number of nitrogens with two attached hydrogens (primary N) is 1. The first-order chi connectivity index (χ1) is 8.00.